The van der Waals surface area contributed by atoms with Gasteiger partial charge in [0, 0.05) is 38.4 Å². The number of nitrogens with zero attached hydrogens (tertiary/aromatic N) is 4. The molecule has 0 N–H and O–H groups in total. The number of aromatic nitrogens is 4. The fraction of sp³-hybridized carbons (Fsp3) is 0.0575. The number of benzene rings is 13. The van der Waals surface area contributed by atoms with E-state index >= 15 is 4.79 Å². The zero-order valence-corrected chi connectivity index (χ0v) is 50.4. The SMILES string of the molecule is CC1(C)c2ccccc2-c2ccc3c4ccccc4n(-c4nc(-c5ccccc5)nc(-c5cccc(-c6ccc7c(c6)-c6ccccc6C76c7ccccc7-c7ccc(C(=O)c8ccc9c(c8)C8(c%10ccccc%10-c%10ccccc%108)c8ccccc8-9)cc76)c5)n4)c3c21. The molecule has 5 aliphatic carbocycles. The highest BCUT2D eigenvalue weighted by Gasteiger charge is 2.54. The maximum absolute atomic E-state index is 15.7. The molecule has 92 heavy (non-hydrogen) atoms. The van der Waals surface area contributed by atoms with Crippen LogP contribution in [0.3, 0.4) is 0 Å². The summed E-state index contributed by atoms with van der Waals surface area (Å²) in [4.78, 5) is 31.9. The third kappa shape index (κ3) is 6.56. The highest BCUT2D eigenvalue weighted by Crippen LogP contribution is 2.65. The fourth-order valence-corrected chi connectivity index (χ4v) is 17.5. The van der Waals surface area contributed by atoms with Crippen molar-refractivity contribution in [1.82, 2.24) is 19.5 Å². The summed E-state index contributed by atoms with van der Waals surface area (Å²) in [5, 5.41) is 2.32. The maximum Gasteiger partial charge on any atom is 0.238 e. The Balaban J connectivity index is 0.721. The van der Waals surface area contributed by atoms with Crippen molar-refractivity contribution in [3.8, 4) is 95.5 Å². The van der Waals surface area contributed by atoms with E-state index in [1.54, 1.807) is 0 Å². The molecule has 0 saturated heterocycles. The van der Waals surface area contributed by atoms with Gasteiger partial charge in [-0.2, -0.15) is 9.97 Å². The molecule has 0 amide bonds. The predicted octanol–water partition coefficient (Wildman–Crippen LogP) is 20.2. The van der Waals surface area contributed by atoms with Crippen molar-refractivity contribution < 1.29 is 4.79 Å². The molecular formula is C87H54N4O. The van der Waals surface area contributed by atoms with Crippen LogP contribution in [0.5, 0.6) is 0 Å². The second-order valence-electron chi connectivity index (χ2n) is 26.0. The van der Waals surface area contributed by atoms with Gasteiger partial charge < -0.3 is 0 Å². The van der Waals surface area contributed by atoms with Crippen molar-refractivity contribution in [1.29, 1.82) is 0 Å². The standard InChI is InChI=1S/C87H54N4O/c1-85(2)69-32-13-6-29-61(69)66-44-45-67-65-31-12-19-38-78(65)91(80(67)79(66)85)84-89-82(51-21-4-3-5-22-51)88-83(90-84)56-24-20-23-52(47-56)53-41-46-75-68(48-53)62-30-11-18-37-74(62)87(75)73-36-17-10-28-60(73)64-43-40-55(50-77(64)87)81(92)54-39-42-63-59-27-9-16-35-72(59)86(76(63)49-54)70-33-14-7-25-57(70)58-26-8-15-34-71(58)86/h3-50H,1-2H3. The summed E-state index contributed by atoms with van der Waals surface area (Å²) in [6, 6.07) is 105. The zero-order chi connectivity index (χ0) is 60.8. The lowest BCUT2D eigenvalue weighted by Crippen LogP contribution is -2.26. The number of fused-ring (bicyclic) bond motifs is 27. The number of rotatable bonds is 6. The van der Waals surface area contributed by atoms with Crippen molar-refractivity contribution in [2.75, 3.05) is 0 Å². The lowest BCUT2D eigenvalue weighted by molar-refractivity contribution is 0.103. The highest BCUT2D eigenvalue weighted by molar-refractivity contribution is 6.14. The maximum atomic E-state index is 15.7. The first-order chi connectivity index (χ1) is 45.3. The fourth-order valence-electron chi connectivity index (χ4n) is 17.5. The van der Waals surface area contributed by atoms with Gasteiger partial charge in [0.25, 0.3) is 0 Å². The Bertz CT molecular complexity index is 5720. The van der Waals surface area contributed by atoms with Gasteiger partial charge in [0.15, 0.2) is 17.4 Å². The largest absolute Gasteiger partial charge is 0.289 e. The van der Waals surface area contributed by atoms with Gasteiger partial charge in [-0.05, 0) is 153 Å². The van der Waals surface area contributed by atoms with Crippen LogP contribution in [0, 0.1) is 0 Å². The minimum atomic E-state index is -0.685. The second-order valence-corrected chi connectivity index (χ2v) is 26.0. The summed E-state index contributed by atoms with van der Waals surface area (Å²) in [7, 11) is 0. The summed E-state index contributed by atoms with van der Waals surface area (Å²) < 4.78 is 2.29. The molecule has 0 saturated carbocycles. The number of carbonyl (C=O) groups is 1. The third-order valence-corrected chi connectivity index (χ3v) is 21.3. The molecule has 5 aliphatic rings. The average molecular weight is 1170 g/mol. The number of ketones is 1. The molecule has 428 valence electrons. The number of hydrogen-bond acceptors (Lipinski definition) is 4. The molecular weight excluding hydrogens is 1120 g/mol. The highest BCUT2D eigenvalue weighted by atomic mass is 16.1. The van der Waals surface area contributed by atoms with E-state index in [4.69, 9.17) is 15.0 Å². The van der Waals surface area contributed by atoms with Crippen LogP contribution in [-0.4, -0.2) is 25.3 Å². The normalized spacial score (nSPS) is 15.5. The molecule has 5 nitrogen and oxygen atoms in total. The Kier molecular flexibility index (Phi) is 10.3. The second kappa shape index (κ2) is 18.5. The molecule has 20 rings (SSSR count). The van der Waals surface area contributed by atoms with E-state index < -0.39 is 10.8 Å². The van der Waals surface area contributed by atoms with E-state index in [0.29, 0.717) is 28.7 Å². The molecule has 0 bridgehead atoms. The molecule has 15 aromatic rings. The molecule has 1 atom stereocenters. The van der Waals surface area contributed by atoms with Crippen LogP contribution in [0.2, 0.25) is 0 Å². The lowest BCUT2D eigenvalue weighted by atomic mass is 9.70. The minimum absolute atomic E-state index is 0.00352. The van der Waals surface area contributed by atoms with E-state index in [2.05, 4.69) is 291 Å². The van der Waals surface area contributed by atoms with Crippen molar-refractivity contribution in [2.24, 2.45) is 0 Å². The van der Waals surface area contributed by atoms with Gasteiger partial charge in [-0.1, -0.05) is 275 Å². The van der Waals surface area contributed by atoms with E-state index in [9.17, 15) is 0 Å². The van der Waals surface area contributed by atoms with Crippen molar-refractivity contribution in [3.05, 3.63) is 358 Å². The quantitative estimate of drug-likeness (QED) is 0.156. The zero-order valence-electron chi connectivity index (χ0n) is 50.4. The number of hydrogen-bond donors (Lipinski definition) is 0. The predicted molar refractivity (Wildman–Crippen MR) is 371 cm³/mol. The van der Waals surface area contributed by atoms with Gasteiger partial charge in [0.2, 0.25) is 5.95 Å². The summed E-state index contributed by atoms with van der Waals surface area (Å²) in [6.07, 6.45) is 0. The smallest absolute Gasteiger partial charge is 0.238 e. The molecule has 5 heteroatoms. The Morgan fingerprint density at radius 3 is 1.30 bits per heavy atom. The van der Waals surface area contributed by atoms with E-state index in [0.717, 1.165) is 55.4 Å². The Labute approximate surface area is 532 Å². The average Bonchev–Trinajstić information content (AvgIpc) is 1.52. The third-order valence-electron chi connectivity index (χ3n) is 21.3. The van der Waals surface area contributed by atoms with E-state index in [-0.39, 0.29) is 11.2 Å². The van der Waals surface area contributed by atoms with Crippen LogP contribution in [0.15, 0.2) is 291 Å². The Morgan fingerprint density at radius 1 is 0.304 bits per heavy atom. The minimum Gasteiger partial charge on any atom is -0.289 e. The summed E-state index contributed by atoms with van der Waals surface area (Å²) in [5.41, 5.74) is 30.2. The topological polar surface area (TPSA) is 60.7 Å². The molecule has 2 spiro atoms. The molecule has 13 aromatic carbocycles. The molecule has 2 aromatic heterocycles. The Morgan fingerprint density at radius 2 is 0.728 bits per heavy atom. The van der Waals surface area contributed by atoms with E-state index in [1.165, 1.54) is 100.0 Å². The van der Waals surface area contributed by atoms with Gasteiger partial charge in [-0.15, -0.1) is 0 Å². The molecule has 1 unspecified atom stereocenters. The number of carbonyl (C=O) groups excluding carboxylic acids is 1. The summed E-state index contributed by atoms with van der Waals surface area (Å²) >= 11 is 0. The summed E-state index contributed by atoms with van der Waals surface area (Å²) in [5.74, 6) is 1.76. The van der Waals surface area contributed by atoms with Gasteiger partial charge in [-0.3, -0.25) is 9.36 Å². The van der Waals surface area contributed by atoms with Crippen LogP contribution in [0.1, 0.15) is 85.4 Å². The first-order valence-electron chi connectivity index (χ1n) is 31.9. The summed E-state index contributed by atoms with van der Waals surface area (Å²) in [6.45, 7) is 4.69. The Hall–Kier alpha value is -11.7. The monoisotopic (exact) mass is 1170 g/mol. The van der Waals surface area contributed by atoms with Gasteiger partial charge >= 0.3 is 0 Å². The van der Waals surface area contributed by atoms with Crippen molar-refractivity contribution in [3.63, 3.8) is 0 Å². The van der Waals surface area contributed by atoms with E-state index in [1.807, 2.05) is 18.2 Å². The van der Waals surface area contributed by atoms with Gasteiger partial charge in [-0.25, -0.2) is 4.98 Å². The van der Waals surface area contributed by atoms with Crippen LogP contribution in [-0.2, 0) is 16.2 Å². The van der Waals surface area contributed by atoms with Crippen molar-refractivity contribution >= 4 is 27.6 Å². The van der Waals surface area contributed by atoms with Gasteiger partial charge in [0.1, 0.15) is 0 Å². The van der Waals surface area contributed by atoms with Crippen LogP contribution in [0.25, 0.3) is 117 Å². The molecule has 0 radical (unpaired) electrons. The van der Waals surface area contributed by atoms with Crippen LogP contribution >= 0.6 is 0 Å². The molecule has 0 aliphatic heterocycles. The molecule has 2 heterocycles. The van der Waals surface area contributed by atoms with Crippen LogP contribution < -0.4 is 0 Å². The van der Waals surface area contributed by atoms with Crippen molar-refractivity contribution in [2.45, 2.75) is 30.1 Å². The number of para-hydroxylation sites is 1. The molecule has 0 fully saturated rings. The first-order valence-corrected chi connectivity index (χ1v) is 31.9. The first kappa shape index (κ1) is 51.2. The van der Waals surface area contributed by atoms with Gasteiger partial charge in [0.05, 0.1) is 21.9 Å². The lowest BCUT2D eigenvalue weighted by Gasteiger charge is -2.31. The van der Waals surface area contributed by atoms with Crippen LogP contribution in [0.4, 0.5) is 0 Å².